The van der Waals surface area contributed by atoms with E-state index in [1.54, 1.807) is 7.11 Å². The Labute approximate surface area is 189 Å². The summed E-state index contributed by atoms with van der Waals surface area (Å²) in [6, 6.07) is 13.9. The van der Waals surface area contributed by atoms with Crippen molar-refractivity contribution >= 4 is 10.9 Å². The summed E-state index contributed by atoms with van der Waals surface area (Å²) >= 11 is 0. The van der Waals surface area contributed by atoms with Crippen LogP contribution < -0.4 is 9.47 Å². The van der Waals surface area contributed by atoms with Crippen molar-refractivity contribution in [1.82, 2.24) is 9.47 Å². The molecule has 0 amide bonds. The summed E-state index contributed by atoms with van der Waals surface area (Å²) in [4.78, 5) is 2.31. The minimum atomic E-state index is -0.537. The molecule has 0 saturated carbocycles. The number of hydrogen-bond donors (Lipinski definition) is 2. The molecule has 0 aliphatic carbocycles. The van der Waals surface area contributed by atoms with Gasteiger partial charge in [-0.15, -0.1) is 0 Å². The van der Waals surface area contributed by atoms with Crippen LogP contribution in [-0.2, 0) is 6.54 Å². The highest BCUT2D eigenvalue weighted by molar-refractivity contribution is 5.84. The fraction of sp³-hybridized carbons (Fsp3) is 0.462. The summed E-state index contributed by atoms with van der Waals surface area (Å²) in [6.07, 6.45) is 3.28. The number of aliphatic hydroxyl groups excluding tert-OH is 2. The number of ether oxygens (including phenoxy) is 2. The molecule has 3 aromatic rings. The number of rotatable bonds is 5. The number of hydrogen-bond acceptors (Lipinski definition) is 5. The third kappa shape index (κ3) is 3.76. The molecule has 3 heterocycles. The zero-order valence-electron chi connectivity index (χ0n) is 18.8. The van der Waals surface area contributed by atoms with Crippen molar-refractivity contribution in [2.24, 2.45) is 0 Å². The maximum Gasteiger partial charge on any atom is 0.129 e. The number of aromatic nitrogens is 1. The largest absolute Gasteiger partial charge is 0.497 e. The molecule has 1 aromatic heterocycles. The highest BCUT2D eigenvalue weighted by Gasteiger charge is 2.43. The van der Waals surface area contributed by atoms with Gasteiger partial charge in [0.1, 0.15) is 17.1 Å². The third-order valence-corrected chi connectivity index (χ3v) is 7.19. The Morgan fingerprint density at radius 2 is 1.97 bits per heavy atom. The molecule has 1 saturated heterocycles. The monoisotopic (exact) mass is 436 g/mol. The minimum absolute atomic E-state index is 0.363. The highest BCUT2D eigenvalue weighted by atomic mass is 16.5. The predicted molar refractivity (Wildman–Crippen MR) is 124 cm³/mol. The fourth-order valence-electron chi connectivity index (χ4n) is 5.34. The Hall–Kier alpha value is -2.54. The number of para-hydroxylation sites is 1. The summed E-state index contributed by atoms with van der Waals surface area (Å²) < 4.78 is 14.0. The fourth-order valence-corrected chi connectivity index (χ4v) is 5.34. The summed E-state index contributed by atoms with van der Waals surface area (Å²) in [7, 11) is 1.64. The lowest BCUT2D eigenvalue weighted by Crippen LogP contribution is -2.51. The van der Waals surface area contributed by atoms with E-state index in [1.165, 1.54) is 5.52 Å². The number of aliphatic hydroxyl groups is 2. The second kappa shape index (κ2) is 8.43. The molecule has 0 radical (unpaired) electrons. The van der Waals surface area contributed by atoms with E-state index in [-0.39, 0.29) is 5.60 Å². The van der Waals surface area contributed by atoms with Gasteiger partial charge in [0.2, 0.25) is 0 Å². The van der Waals surface area contributed by atoms with Crippen molar-refractivity contribution in [1.29, 1.82) is 0 Å². The summed E-state index contributed by atoms with van der Waals surface area (Å²) in [5.74, 6) is 1.46. The zero-order chi connectivity index (χ0) is 22.3. The second-order valence-electron chi connectivity index (χ2n) is 9.11. The molecule has 2 N–H and O–H groups in total. The number of aryl methyl sites for hydroxylation is 1. The normalized spacial score (nSPS) is 21.3. The highest BCUT2D eigenvalue weighted by Crippen LogP contribution is 2.45. The number of nitrogens with zero attached hydrogens (tertiary/aromatic N) is 2. The molecule has 1 fully saturated rings. The molecule has 6 nitrogen and oxygen atoms in total. The Morgan fingerprint density at radius 3 is 2.72 bits per heavy atom. The molecule has 2 atom stereocenters. The standard InChI is InChI=1S/C26H32N2O4/c1-3-28-16-21(19-6-4-5-7-22(19)28)24(30)17-27-12-10-26(11-13-27)15-23(29)20-9-8-18(31-2)14-25(20)32-26/h4-9,14,16,23-24,29-30H,3,10-13,15,17H2,1-2H3. The van der Waals surface area contributed by atoms with E-state index in [2.05, 4.69) is 34.7 Å². The lowest BCUT2D eigenvalue weighted by molar-refractivity contribution is -0.0588. The van der Waals surface area contributed by atoms with Crippen LogP contribution in [0.5, 0.6) is 11.5 Å². The van der Waals surface area contributed by atoms with Crippen LogP contribution in [0.1, 0.15) is 49.5 Å². The van der Waals surface area contributed by atoms with Gasteiger partial charge in [0.25, 0.3) is 0 Å². The van der Waals surface area contributed by atoms with E-state index >= 15 is 0 Å². The van der Waals surface area contributed by atoms with Crippen LogP contribution in [0.2, 0.25) is 0 Å². The van der Waals surface area contributed by atoms with Crippen LogP contribution in [0, 0.1) is 0 Å². The maximum absolute atomic E-state index is 11.1. The van der Waals surface area contributed by atoms with Gasteiger partial charge < -0.3 is 29.2 Å². The molecular formula is C26H32N2O4. The Morgan fingerprint density at radius 1 is 1.19 bits per heavy atom. The van der Waals surface area contributed by atoms with Crippen LogP contribution in [0.15, 0.2) is 48.7 Å². The predicted octanol–water partition coefficient (Wildman–Crippen LogP) is 4.05. The first kappa shape index (κ1) is 21.3. The van der Waals surface area contributed by atoms with Gasteiger partial charge in [-0.3, -0.25) is 0 Å². The van der Waals surface area contributed by atoms with Crippen molar-refractivity contribution in [3.05, 3.63) is 59.8 Å². The number of benzene rings is 2. The summed E-state index contributed by atoms with van der Waals surface area (Å²) in [5, 5.41) is 22.9. The van der Waals surface area contributed by atoms with Crippen molar-refractivity contribution < 1.29 is 19.7 Å². The molecule has 32 heavy (non-hydrogen) atoms. The minimum Gasteiger partial charge on any atom is -0.497 e. The second-order valence-corrected chi connectivity index (χ2v) is 9.11. The van der Waals surface area contributed by atoms with Crippen molar-refractivity contribution in [3.63, 3.8) is 0 Å². The molecule has 2 aliphatic rings. The molecule has 2 unspecified atom stereocenters. The molecule has 170 valence electrons. The third-order valence-electron chi connectivity index (χ3n) is 7.19. The van der Waals surface area contributed by atoms with E-state index in [4.69, 9.17) is 9.47 Å². The molecule has 6 heteroatoms. The van der Waals surface area contributed by atoms with Gasteiger partial charge in [-0.05, 0) is 38.0 Å². The Balaban J connectivity index is 1.27. The smallest absolute Gasteiger partial charge is 0.129 e. The van der Waals surface area contributed by atoms with Gasteiger partial charge in [-0.1, -0.05) is 18.2 Å². The zero-order valence-corrected chi connectivity index (χ0v) is 18.8. The number of piperidine rings is 1. The topological polar surface area (TPSA) is 67.1 Å². The van der Waals surface area contributed by atoms with Crippen molar-refractivity contribution in [2.45, 2.75) is 50.5 Å². The molecule has 1 spiro atoms. The van der Waals surface area contributed by atoms with Crippen LogP contribution in [0.4, 0.5) is 0 Å². The first-order valence-corrected chi connectivity index (χ1v) is 11.5. The van der Waals surface area contributed by atoms with Gasteiger partial charge in [0.05, 0.1) is 19.3 Å². The van der Waals surface area contributed by atoms with E-state index in [0.29, 0.717) is 13.0 Å². The summed E-state index contributed by atoms with van der Waals surface area (Å²) in [6.45, 7) is 5.26. The molecular weight excluding hydrogens is 404 g/mol. The van der Waals surface area contributed by atoms with Crippen LogP contribution >= 0.6 is 0 Å². The number of β-amino-alcohol motifs (C(OH)–C–C–N with tert-alkyl or cyclic N) is 1. The Bertz CT molecular complexity index is 1100. The van der Waals surface area contributed by atoms with Crippen LogP contribution in [0.25, 0.3) is 10.9 Å². The first-order chi connectivity index (χ1) is 15.5. The quantitative estimate of drug-likeness (QED) is 0.632. The van der Waals surface area contributed by atoms with Gasteiger partial charge in [-0.2, -0.15) is 0 Å². The Kier molecular flexibility index (Phi) is 5.61. The van der Waals surface area contributed by atoms with Crippen LogP contribution in [-0.4, -0.2) is 52.0 Å². The van der Waals surface area contributed by atoms with Gasteiger partial charge in [0.15, 0.2) is 0 Å². The molecule has 2 aromatic carbocycles. The SMILES string of the molecule is CCn1cc(C(O)CN2CCC3(CC2)CC(O)c2ccc(OC)cc2O3)c2ccccc21. The average molecular weight is 437 g/mol. The van der Waals surface area contributed by atoms with Gasteiger partial charge in [-0.25, -0.2) is 0 Å². The van der Waals surface area contributed by atoms with Crippen molar-refractivity contribution in [3.8, 4) is 11.5 Å². The number of fused-ring (bicyclic) bond motifs is 2. The van der Waals surface area contributed by atoms with Gasteiger partial charge in [0, 0.05) is 66.9 Å². The van der Waals surface area contributed by atoms with Gasteiger partial charge >= 0.3 is 0 Å². The number of likely N-dealkylation sites (tertiary alicyclic amines) is 1. The molecule has 0 bridgehead atoms. The van der Waals surface area contributed by atoms with Crippen LogP contribution in [0.3, 0.4) is 0 Å². The lowest BCUT2D eigenvalue weighted by atomic mass is 9.81. The number of methoxy groups -OCH3 is 1. The van der Waals surface area contributed by atoms with E-state index in [0.717, 1.165) is 60.5 Å². The van der Waals surface area contributed by atoms with E-state index < -0.39 is 12.2 Å². The average Bonchev–Trinajstić information content (AvgIpc) is 3.19. The lowest BCUT2D eigenvalue weighted by Gasteiger charge is -2.46. The van der Waals surface area contributed by atoms with Crippen molar-refractivity contribution in [2.75, 3.05) is 26.7 Å². The molecule has 2 aliphatic heterocycles. The summed E-state index contributed by atoms with van der Waals surface area (Å²) in [5.41, 5.74) is 2.63. The van der Waals surface area contributed by atoms with E-state index in [9.17, 15) is 10.2 Å². The van der Waals surface area contributed by atoms with E-state index in [1.807, 2.05) is 30.3 Å². The molecule has 5 rings (SSSR count). The maximum atomic E-state index is 11.1. The first-order valence-electron chi connectivity index (χ1n) is 11.5.